The highest BCUT2D eigenvalue weighted by atomic mass is 32.2. The summed E-state index contributed by atoms with van der Waals surface area (Å²) >= 11 is 0. The van der Waals surface area contributed by atoms with Gasteiger partial charge in [-0.15, -0.1) is 0 Å². The molecule has 0 atom stereocenters. The molecule has 7 heteroatoms. The number of nitrogens with zero attached hydrogens (tertiary/aromatic N) is 3. The van der Waals surface area contributed by atoms with Gasteiger partial charge in [0.25, 0.3) is 10.1 Å². The van der Waals surface area contributed by atoms with Crippen molar-refractivity contribution in [2.24, 2.45) is 7.05 Å². The SMILES string of the molecule is CS(=O)(=O)O.Cc1ncc2n1CCc1c-2n(C)c2ccccc12. The summed E-state index contributed by atoms with van der Waals surface area (Å²) in [7, 11) is -1.51. The van der Waals surface area contributed by atoms with E-state index in [9.17, 15) is 8.42 Å². The molecule has 3 aromatic rings. The van der Waals surface area contributed by atoms with Crippen LogP contribution in [-0.2, 0) is 30.1 Å². The van der Waals surface area contributed by atoms with Crippen LogP contribution in [0, 0.1) is 6.92 Å². The highest BCUT2D eigenvalue weighted by Gasteiger charge is 2.24. The van der Waals surface area contributed by atoms with E-state index >= 15 is 0 Å². The van der Waals surface area contributed by atoms with Crippen LogP contribution in [0.2, 0.25) is 0 Å². The molecule has 0 saturated carbocycles. The quantitative estimate of drug-likeness (QED) is 0.641. The molecule has 6 nitrogen and oxygen atoms in total. The molecule has 0 aliphatic carbocycles. The predicted octanol–water partition coefficient (Wildman–Crippen LogP) is 2.41. The maximum atomic E-state index is 9.19. The molecule has 0 saturated heterocycles. The Hall–Kier alpha value is -2.12. The molecule has 0 bridgehead atoms. The molecule has 4 rings (SSSR count). The molecule has 0 spiro atoms. The summed E-state index contributed by atoms with van der Waals surface area (Å²) in [6, 6.07) is 8.66. The van der Waals surface area contributed by atoms with Crippen LogP contribution in [0.5, 0.6) is 0 Å². The lowest BCUT2D eigenvalue weighted by atomic mass is 10.0. The minimum absolute atomic E-state index is 0.715. The largest absolute Gasteiger partial charge is 0.342 e. The molecule has 0 radical (unpaired) electrons. The fraction of sp³-hybridized carbons (Fsp3) is 0.312. The summed E-state index contributed by atoms with van der Waals surface area (Å²) in [5.74, 6) is 1.11. The summed E-state index contributed by atoms with van der Waals surface area (Å²) in [5.41, 5.74) is 5.38. The summed E-state index contributed by atoms with van der Waals surface area (Å²) in [6.45, 7) is 3.12. The Labute approximate surface area is 135 Å². The smallest absolute Gasteiger partial charge is 0.261 e. The van der Waals surface area contributed by atoms with Gasteiger partial charge >= 0.3 is 0 Å². The lowest BCUT2D eigenvalue weighted by Crippen LogP contribution is -2.12. The Morgan fingerprint density at radius 2 is 1.91 bits per heavy atom. The molecular weight excluding hydrogens is 314 g/mol. The fourth-order valence-electron chi connectivity index (χ4n) is 3.21. The first-order valence-electron chi connectivity index (χ1n) is 7.28. The first-order valence-corrected chi connectivity index (χ1v) is 9.13. The topological polar surface area (TPSA) is 77.1 Å². The number of aryl methyl sites for hydroxylation is 3. The molecule has 0 fully saturated rings. The second-order valence-corrected chi connectivity index (χ2v) is 7.19. The van der Waals surface area contributed by atoms with E-state index in [0.717, 1.165) is 18.8 Å². The highest BCUT2D eigenvalue weighted by molar-refractivity contribution is 7.85. The summed E-state index contributed by atoms with van der Waals surface area (Å²) in [6.07, 6.45) is 3.82. The van der Waals surface area contributed by atoms with Crippen LogP contribution in [-0.4, -0.2) is 33.3 Å². The second kappa shape index (κ2) is 5.50. The molecule has 0 amide bonds. The molecule has 2 aromatic heterocycles. The molecule has 1 N–H and O–H groups in total. The van der Waals surface area contributed by atoms with Gasteiger partial charge in [-0.2, -0.15) is 8.42 Å². The first-order chi connectivity index (χ1) is 10.8. The third-order valence-corrected chi connectivity index (χ3v) is 4.09. The number of hydrogen-bond acceptors (Lipinski definition) is 3. The molecule has 122 valence electrons. The van der Waals surface area contributed by atoms with Gasteiger partial charge < -0.3 is 9.13 Å². The maximum Gasteiger partial charge on any atom is 0.261 e. The van der Waals surface area contributed by atoms with Gasteiger partial charge in [0.15, 0.2) is 0 Å². The third kappa shape index (κ3) is 2.89. The van der Waals surface area contributed by atoms with Crippen molar-refractivity contribution in [1.29, 1.82) is 0 Å². The van der Waals surface area contributed by atoms with Gasteiger partial charge in [0.1, 0.15) is 5.82 Å². The molecule has 23 heavy (non-hydrogen) atoms. The van der Waals surface area contributed by atoms with E-state index in [2.05, 4.69) is 52.4 Å². The lowest BCUT2D eigenvalue weighted by molar-refractivity contribution is 0.490. The zero-order valence-corrected chi connectivity index (χ0v) is 14.1. The Morgan fingerprint density at radius 1 is 1.26 bits per heavy atom. The van der Waals surface area contributed by atoms with Crippen molar-refractivity contribution in [1.82, 2.24) is 14.1 Å². The van der Waals surface area contributed by atoms with E-state index in [0.29, 0.717) is 6.26 Å². The van der Waals surface area contributed by atoms with Gasteiger partial charge in [-0.25, -0.2) is 4.98 Å². The van der Waals surface area contributed by atoms with Crippen LogP contribution in [0.15, 0.2) is 30.5 Å². The number of aromatic nitrogens is 3. The van der Waals surface area contributed by atoms with Crippen LogP contribution >= 0.6 is 0 Å². The Bertz CT molecular complexity index is 976. The normalized spacial score (nSPS) is 13.2. The highest BCUT2D eigenvalue weighted by Crippen LogP contribution is 2.36. The van der Waals surface area contributed by atoms with Crippen molar-refractivity contribution in [3.8, 4) is 11.4 Å². The summed E-state index contributed by atoms with van der Waals surface area (Å²) in [4.78, 5) is 4.46. The van der Waals surface area contributed by atoms with Crippen LogP contribution in [0.25, 0.3) is 22.3 Å². The van der Waals surface area contributed by atoms with Gasteiger partial charge in [-0.05, 0) is 25.0 Å². The van der Waals surface area contributed by atoms with Gasteiger partial charge in [0.2, 0.25) is 0 Å². The standard InChI is InChI=1S/C15H15N3.CH4O3S/c1-10-16-9-14-15-12(7-8-18(10)14)11-5-3-4-6-13(11)17(15)2;1-5(2,3)4/h3-6,9H,7-8H2,1-2H3;1H3,(H,2,3,4). The zero-order valence-electron chi connectivity index (χ0n) is 13.3. The predicted molar refractivity (Wildman–Crippen MR) is 90.1 cm³/mol. The molecule has 1 aliphatic heterocycles. The average Bonchev–Trinajstić information content (AvgIpc) is 2.98. The van der Waals surface area contributed by atoms with Crippen LogP contribution < -0.4 is 0 Å². The number of para-hydroxylation sites is 1. The number of benzene rings is 1. The van der Waals surface area contributed by atoms with E-state index < -0.39 is 10.1 Å². The summed E-state index contributed by atoms with van der Waals surface area (Å²) < 4.78 is 30.5. The Morgan fingerprint density at radius 3 is 2.61 bits per heavy atom. The van der Waals surface area contributed by atoms with Gasteiger partial charge in [-0.1, -0.05) is 18.2 Å². The third-order valence-electron chi connectivity index (χ3n) is 4.09. The molecular formula is C16H19N3O3S. The monoisotopic (exact) mass is 333 g/mol. The van der Waals surface area contributed by atoms with Crippen molar-refractivity contribution < 1.29 is 13.0 Å². The minimum atomic E-state index is -3.67. The van der Waals surface area contributed by atoms with E-state index in [1.54, 1.807) is 0 Å². The zero-order chi connectivity index (χ0) is 16.8. The fourth-order valence-corrected chi connectivity index (χ4v) is 3.21. The Kier molecular flexibility index (Phi) is 3.77. The number of imidazole rings is 1. The molecule has 3 heterocycles. The first kappa shape index (κ1) is 15.8. The van der Waals surface area contributed by atoms with Crippen LogP contribution in [0.4, 0.5) is 0 Å². The van der Waals surface area contributed by atoms with Gasteiger partial charge in [-0.3, -0.25) is 4.55 Å². The molecule has 1 aliphatic rings. The lowest BCUT2D eigenvalue weighted by Gasteiger charge is -2.18. The number of hydrogen-bond donors (Lipinski definition) is 1. The van der Waals surface area contributed by atoms with Crippen molar-refractivity contribution in [3.05, 3.63) is 41.9 Å². The van der Waals surface area contributed by atoms with Crippen molar-refractivity contribution in [2.75, 3.05) is 6.26 Å². The van der Waals surface area contributed by atoms with Crippen molar-refractivity contribution in [3.63, 3.8) is 0 Å². The van der Waals surface area contributed by atoms with Crippen molar-refractivity contribution >= 4 is 21.0 Å². The summed E-state index contributed by atoms with van der Waals surface area (Å²) in [5, 5.41) is 1.39. The Balaban J connectivity index is 0.000000276. The van der Waals surface area contributed by atoms with Crippen LogP contribution in [0.3, 0.4) is 0 Å². The number of rotatable bonds is 0. The van der Waals surface area contributed by atoms with E-state index in [1.165, 1.54) is 27.9 Å². The molecule has 1 aromatic carbocycles. The van der Waals surface area contributed by atoms with E-state index in [4.69, 9.17) is 4.55 Å². The number of fused-ring (bicyclic) bond motifs is 5. The second-order valence-electron chi connectivity index (χ2n) is 5.73. The minimum Gasteiger partial charge on any atom is -0.342 e. The van der Waals surface area contributed by atoms with Crippen LogP contribution in [0.1, 0.15) is 11.4 Å². The van der Waals surface area contributed by atoms with E-state index in [-0.39, 0.29) is 0 Å². The van der Waals surface area contributed by atoms with E-state index in [1.807, 2.05) is 6.20 Å². The van der Waals surface area contributed by atoms with Crippen molar-refractivity contribution in [2.45, 2.75) is 19.9 Å². The van der Waals surface area contributed by atoms with Gasteiger partial charge in [0.05, 0.1) is 23.8 Å². The maximum absolute atomic E-state index is 9.19. The van der Waals surface area contributed by atoms with Gasteiger partial charge in [0, 0.05) is 24.5 Å². The molecule has 0 unspecified atom stereocenters. The average molecular weight is 333 g/mol.